The summed E-state index contributed by atoms with van der Waals surface area (Å²) < 4.78 is 0. The third-order valence-corrected chi connectivity index (χ3v) is 2.38. The molecule has 0 saturated carbocycles. The highest BCUT2D eigenvalue weighted by molar-refractivity contribution is 6.40. The molecule has 0 aromatic heterocycles. The molecule has 0 amide bonds. The second kappa shape index (κ2) is 11.9. The van der Waals surface area contributed by atoms with Crippen molar-refractivity contribution in [3.8, 4) is 5.75 Å². The van der Waals surface area contributed by atoms with Crippen molar-refractivity contribution >= 4 is 35.8 Å². The molecule has 112 valence electrons. The lowest BCUT2D eigenvalue weighted by Gasteiger charge is -1.92. The fourth-order valence-electron chi connectivity index (χ4n) is 1.31. The van der Waals surface area contributed by atoms with Gasteiger partial charge >= 0.3 is 0 Å². The van der Waals surface area contributed by atoms with E-state index in [0.29, 0.717) is 11.8 Å². The molecular weight excluding hydrogens is 311 g/mol. The number of hydrogen-bond acceptors (Lipinski definition) is 3. The number of aryl methyl sites for hydroxylation is 1. The van der Waals surface area contributed by atoms with E-state index in [1.165, 1.54) is 6.07 Å². The number of aromatic hydroxyl groups is 1. The number of aldehydes is 2. The first-order valence-corrected chi connectivity index (χ1v) is 7.03. The van der Waals surface area contributed by atoms with Crippen LogP contribution in [0.15, 0.2) is 48.5 Å². The molecule has 0 aliphatic carbocycles. The van der Waals surface area contributed by atoms with Gasteiger partial charge in [0, 0.05) is 5.56 Å². The smallest absolute Gasteiger partial charge is 0.153 e. The van der Waals surface area contributed by atoms with Gasteiger partial charge in [-0.15, -0.1) is 23.2 Å². The van der Waals surface area contributed by atoms with Crippen molar-refractivity contribution in [3.05, 3.63) is 65.2 Å². The van der Waals surface area contributed by atoms with Crippen LogP contribution < -0.4 is 0 Å². The zero-order valence-corrected chi connectivity index (χ0v) is 13.0. The van der Waals surface area contributed by atoms with Crippen molar-refractivity contribution in [1.82, 2.24) is 0 Å². The Kier molecular flexibility index (Phi) is 10.9. The third kappa shape index (κ3) is 8.12. The second-order valence-corrected chi connectivity index (χ2v) is 4.56. The minimum absolute atomic E-state index is 0.0347. The van der Waals surface area contributed by atoms with E-state index in [1.807, 2.05) is 31.2 Å². The van der Waals surface area contributed by atoms with Crippen molar-refractivity contribution in [2.45, 2.75) is 6.92 Å². The van der Waals surface area contributed by atoms with E-state index in [0.717, 1.165) is 17.4 Å². The van der Waals surface area contributed by atoms with Crippen LogP contribution in [-0.4, -0.2) is 23.0 Å². The van der Waals surface area contributed by atoms with Crippen molar-refractivity contribution < 1.29 is 14.7 Å². The molecule has 0 radical (unpaired) electrons. The Morgan fingerprint density at radius 1 is 0.905 bits per heavy atom. The molecule has 2 rings (SSSR count). The molecular formula is C16H16Cl2O3. The molecule has 0 saturated heterocycles. The van der Waals surface area contributed by atoms with Crippen molar-refractivity contribution in [2.75, 3.05) is 5.34 Å². The first-order valence-electron chi connectivity index (χ1n) is 5.96. The Labute approximate surface area is 134 Å². The summed E-state index contributed by atoms with van der Waals surface area (Å²) in [5.74, 6) is 0.0347. The van der Waals surface area contributed by atoms with Crippen LogP contribution in [0, 0.1) is 6.92 Å². The summed E-state index contributed by atoms with van der Waals surface area (Å²) in [6.07, 6.45) is 1.49. The van der Waals surface area contributed by atoms with Crippen LogP contribution in [0.4, 0.5) is 0 Å². The molecule has 2 aromatic carbocycles. The number of alkyl halides is 2. The Bertz CT molecular complexity index is 507. The fourth-order valence-corrected chi connectivity index (χ4v) is 1.31. The Hall–Kier alpha value is -1.84. The third-order valence-electron chi connectivity index (χ3n) is 2.38. The maximum Gasteiger partial charge on any atom is 0.153 e. The number of benzene rings is 2. The minimum Gasteiger partial charge on any atom is -0.507 e. The molecule has 0 aliphatic heterocycles. The fraction of sp³-hybridized carbons (Fsp3) is 0.125. The highest BCUT2D eigenvalue weighted by Crippen LogP contribution is 2.11. The Morgan fingerprint density at radius 2 is 1.33 bits per heavy atom. The van der Waals surface area contributed by atoms with Gasteiger partial charge in [-0.3, -0.25) is 9.59 Å². The molecule has 0 heterocycles. The number of carbonyl (C=O) groups excluding carboxylic acids is 2. The van der Waals surface area contributed by atoms with Crippen LogP contribution in [0.25, 0.3) is 0 Å². The van der Waals surface area contributed by atoms with Gasteiger partial charge < -0.3 is 5.11 Å². The number of rotatable bonds is 2. The lowest BCUT2D eigenvalue weighted by molar-refractivity contribution is 0.111. The van der Waals surface area contributed by atoms with Gasteiger partial charge in [0.2, 0.25) is 0 Å². The number of hydrogen-bond donors (Lipinski definition) is 1. The maximum atomic E-state index is 10.2. The Balaban J connectivity index is 0.000000322. The van der Waals surface area contributed by atoms with Gasteiger partial charge in [-0.25, -0.2) is 0 Å². The van der Waals surface area contributed by atoms with Gasteiger partial charge in [-0.2, -0.15) is 0 Å². The average molecular weight is 327 g/mol. The summed E-state index contributed by atoms with van der Waals surface area (Å²) in [5, 5.41) is 9.07. The quantitative estimate of drug-likeness (QED) is 0.655. The summed E-state index contributed by atoms with van der Waals surface area (Å²) in [5.41, 5.74) is 2.14. The first kappa shape index (κ1) is 19.2. The van der Waals surface area contributed by atoms with Gasteiger partial charge in [-0.05, 0) is 24.6 Å². The molecule has 2 aromatic rings. The topological polar surface area (TPSA) is 54.4 Å². The van der Waals surface area contributed by atoms with Gasteiger partial charge in [0.05, 0.1) is 10.9 Å². The van der Waals surface area contributed by atoms with Crippen LogP contribution in [0.2, 0.25) is 0 Å². The largest absolute Gasteiger partial charge is 0.507 e. The SMILES string of the molecule is Cc1ccccc1C=O.ClCCl.O=Cc1ccccc1O. The van der Waals surface area contributed by atoms with Crippen LogP contribution >= 0.6 is 23.2 Å². The van der Waals surface area contributed by atoms with E-state index >= 15 is 0 Å². The van der Waals surface area contributed by atoms with Crippen LogP contribution in [0.3, 0.4) is 0 Å². The molecule has 3 nitrogen and oxygen atoms in total. The number of para-hydroxylation sites is 1. The molecule has 21 heavy (non-hydrogen) atoms. The van der Waals surface area contributed by atoms with Gasteiger partial charge in [0.25, 0.3) is 0 Å². The molecule has 0 unspecified atom stereocenters. The lowest BCUT2D eigenvalue weighted by atomic mass is 10.1. The minimum atomic E-state index is 0.0347. The predicted octanol–water partition coefficient (Wildman–Crippen LogP) is 4.43. The summed E-state index contributed by atoms with van der Waals surface area (Å²) in [6.45, 7) is 1.92. The number of phenols is 1. The molecule has 0 bridgehead atoms. The van der Waals surface area contributed by atoms with Gasteiger partial charge in [0.15, 0.2) is 6.29 Å². The standard InChI is InChI=1S/C8H8O.C7H6O2.CH2Cl2/c1-7-4-2-3-5-8(7)6-9;8-5-6-3-1-2-4-7(6)9;2-1-3/h2-6H,1H3;1-5,9H;1H2. The summed E-state index contributed by atoms with van der Waals surface area (Å²) >= 11 is 9.53. The van der Waals surface area contributed by atoms with Crippen LogP contribution in [-0.2, 0) is 0 Å². The average Bonchev–Trinajstić information content (AvgIpc) is 2.50. The van der Waals surface area contributed by atoms with E-state index in [-0.39, 0.29) is 11.1 Å². The zero-order chi connectivity index (χ0) is 16.1. The first-order chi connectivity index (χ1) is 10.1. The normalized spacial score (nSPS) is 8.52. The highest BCUT2D eigenvalue weighted by atomic mass is 35.5. The second-order valence-electron chi connectivity index (χ2n) is 3.75. The molecule has 1 N–H and O–H groups in total. The summed E-state index contributed by atoms with van der Waals surface area (Å²) in [6, 6.07) is 13.9. The molecule has 0 atom stereocenters. The molecule has 5 heteroatoms. The van der Waals surface area contributed by atoms with Crippen molar-refractivity contribution in [1.29, 1.82) is 0 Å². The zero-order valence-electron chi connectivity index (χ0n) is 11.5. The van der Waals surface area contributed by atoms with E-state index < -0.39 is 0 Å². The van der Waals surface area contributed by atoms with Crippen LogP contribution in [0.1, 0.15) is 26.3 Å². The van der Waals surface area contributed by atoms with Gasteiger partial charge in [0.1, 0.15) is 12.0 Å². The van der Waals surface area contributed by atoms with Crippen molar-refractivity contribution in [3.63, 3.8) is 0 Å². The van der Waals surface area contributed by atoms with Gasteiger partial charge in [-0.1, -0.05) is 36.4 Å². The van der Waals surface area contributed by atoms with E-state index in [9.17, 15) is 9.59 Å². The van der Waals surface area contributed by atoms with E-state index in [4.69, 9.17) is 28.3 Å². The van der Waals surface area contributed by atoms with E-state index in [2.05, 4.69) is 0 Å². The lowest BCUT2D eigenvalue weighted by Crippen LogP contribution is -1.82. The maximum absolute atomic E-state index is 10.2. The van der Waals surface area contributed by atoms with Crippen LogP contribution in [0.5, 0.6) is 5.75 Å². The summed E-state index contributed by atoms with van der Waals surface area (Å²) in [7, 11) is 0. The number of phenolic OH excluding ortho intramolecular Hbond substituents is 1. The monoisotopic (exact) mass is 326 g/mol. The molecule has 0 fully saturated rings. The summed E-state index contributed by atoms with van der Waals surface area (Å²) in [4.78, 5) is 20.3. The highest BCUT2D eigenvalue weighted by Gasteiger charge is 1.93. The number of halogens is 2. The van der Waals surface area contributed by atoms with E-state index in [1.54, 1.807) is 18.2 Å². The predicted molar refractivity (Wildman–Crippen MR) is 86.6 cm³/mol. The molecule has 0 aliphatic rings. The van der Waals surface area contributed by atoms with Crippen molar-refractivity contribution in [2.24, 2.45) is 0 Å². The Morgan fingerprint density at radius 3 is 1.67 bits per heavy atom. The number of carbonyl (C=O) groups is 2. The molecule has 0 spiro atoms.